The Morgan fingerprint density at radius 1 is 1.19 bits per heavy atom. The minimum atomic E-state index is -0.937. The average Bonchev–Trinajstić information content (AvgIpc) is 3.26. The van der Waals surface area contributed by atoms with E-state index in [0.29, 0.717) is 44.1 Å². The van der Waals surface area contributed by atoms with Crippen molar-refractivity contribution >= 4 is 35.0 Å². The van der Waals surface area contributed by atoms with Crippen LogP contribution in [0.3, 0.4) is 0 Å². The van der Waals surface area contributed by atoms with Crippen molar-refractivity contribution < 1.29 is 24.2 Å². The van der Waals surface area contributed by atoms with Crippen LogP contribution in [0.2, 0.25) is 0 Å². The maximum absolute atomic E-state index is 12.7. The number of benzene rings is 2. The Kier molecular flexibility index (Phi) is 9.12. The summed E-state index contributed by atoms with van der Waals surface area (Å²) in [5, 5.41) is 19.0. The second-order valence-corrected chi connectivity index (χ2v) is 10.7. The highest BCUT2D eigenvalue weighted by molar-refractivity contribution is 7.99. The summed E-state index contributed by atoms with van der Waals surface area (Å²) in [6.45, 7) is 5.02. The quantitative estimate of drug-likeness (QED) is 0.286. The number of ether oxygens (including phenoxy) is 2. The molecule has 2 aliphatic rings. The van der Waals surface area contributed by atoms with Gasteiger partial charge in [0.2, 0.25) is 5.91 Å². The summed E-state index contributed by atoms with van der Waals surface area (Å²) in [4.78, 5) is 27.3. The smallest absolute Gasteiger partial charge is 0.257 e. The molecule has 4 rings (SSSR count). The van der Waals surface area contributed by atoms with Gasteiger partial charge in [0.25, 0.3) is 5.91 Å². The number of aliphatic hydroxyl groups is 1. The van der Waals surface area contributed by atoms with Crippen molar-refractivity contribution in [3.63, 3.8) is 0 Å². The van der Waals surface area contributed by atoms with Crippen LogP contribution in [0.15, 0.2) is 52.3 Å². The van der Waals surface area contributed by atoms with Crippen molar-refractivity contribution in [2.75, 3.05) is 25.1 Å². The molecule has 2 aliphatic heterocycles. The Labute approximate surface area is 216 Å². The van der Waals surface area contributed by atoms with Crippen molar-refractivity contribution in [1.29, 1.82) is 0 Å². The summed E-state index contributed by atoms with van der Waals surface area (Å²) in [5.74, 6) is 0.567. The number of hydrogen-bond acceptors (Lipinski definition) is 7. The Bertz CT molecular complexity index is 1060. The number of nitrogens with one attached hydrogen (secondary N) is 3. The molecule has 0 radical (unpaired) electrons. The normalized spacial score (nSPS) is 19.1. The van der Waals surface area contributed by atoms with E-state index in [4.69, 9.17) is 9.47 Å². The van der Waals surface area contributed by atoms with Crippen molar-refractivity contribution in [2.24, 2.45) is 11.8 Å². The second kappa shape index (κ2) is 12.5. The van der Waals surface area contributed by atoms with Crippen LogP contribution in [0, 0.1) is 11.8 Å². The van der Waals surface area contributed by atoms with Crippen molar-refractivity contribution in [3.05, 3.63) is 42.5 Å². The molecule has 0 spiro atoms. The van der Waals surface area contributed by atoms with Gasteiger partial charge >= 0.3 is 0 Å². The van der Waals surface area contributed by atoms with Gasteiger partial charge in [0, 0.05) is 28.3 Å². The number of aliphatic hydroxyl groups excluding tert-OH is 1. The molecule has 4 N–H and O–H groups in total. The molecule has 0 aliphatic carbocycles. The van der Waals surface area contributed by atoms with E-state index >= 15 is 0 Å². The fraction of sp³-hybridized carbons (Fsp3) is 0.481. The predicted octanol–water partition coefficient (Wildman–Crippen LogP) is 4.06. The highest BCUT2D eigenvalue weighted by atomic mass is 32.2. The first-order valence-corrected chi connectivity index (χ1v) is 13.4. The van der Waals surface area contributed by atoms with E-state index in [1.54, 1.807) is 11.8 Å². The molecule has 2 amide bonds. The minimum absolute atomic E-state index is 0.0604. The molecule has 2 aromatic rings. The van der Waals surface area contributed by atoms with E-state index in [1.165, 1.54) is 4.90 Å². The maximum Gasteiger partial charge on any atom is 0.257 e. The Morgan fingerprint density at radius 2 is 2.00 bits per heavy atom. The molecule has 1 fully saturated rings. The van der Waals surface area contributed by atoms with Gasteiger partial charge in [-0.2, -0.15) is 0 Å². The molecule has 1 saturated heterocycles. The van der Waals surface area contributed by atoms with E-state index in [0.717, 1.165) is 22.7 Å². The van der Waals surface area contributed by atoms with E-state index in [2.05, 4.69) is 35.9 Å². The number of fused-ring (bicyclic) bond motifs is 2. The highest BCUT2D eigenvalue weighted by Crippen LogP contribution is 2.44. The summed E-state index contributed by atoms with van der Waals surface area (Å²) >= 11 is 1.70. The molecule has 0 saturated carbocycles. The monoisotopic (exact) mass is 513 g/mol. The van der Waals surface area contributed by atoms with E-state index < -0.39 is 6.29 Å². The van der Waals surface area contributed by atoms with Gasteiger partial charge in [-0.15, -0.1) is 0 Å². The third kappa shape index (κ3) is 7.15. The fourth-order valence-corrected chi connectivity index (χ4v) is 5.40. The van der Waals surface area contributed by atoms with Gasteiger partial charge in [0.05, 0.1) is 24.0 Å². The SMILES string of the molecule is CC(C)CC(CCCNC(=O)COc1ccc2c(c1)Nc1ccccc1S2)C(=O)N[C@H]1CCOC1O. The topological polar surface area (TPSA) is 109 Å². The minimum Gasteiger partial charge on any atom is -0.484 e. The molecule has 194 valence electrons. The van der Waals surface area contributed by atoms with Crippen LogP contribution < -0.4 is 20.7 Å². The molecule has 3 atom stereocenters. The van der Waals surface area contributed by atoms with Gasteiger partial charge < -0.3 is 30.5 Å². The standard InChI is InChI=1S/C27H35N3O5S/c1-17(2)14-18(26(32)30-21-11-13-34-27(21)33)6-5-12-28-25(31)16-35-19-9-10-24-22(15-19)29-20-7-3-4-8-23(20)36-24/h3-4,7-10,15,17-18,21,27,29,33H,5-6,11-14,16H2,1-2H3,(H,28,31)(H,30,32)/t18?,21-,27?/m0/s1. The zero-order valence-corrected chi connectivity index (χ0v) is 21.6. The molecule has 9 heteroatoms. The average molecular weight is 514 g/mol. The van der Waals surface area contributed by atoms with E-state index in [-0.39, 0.29) is 30.4 Å². The molecule has 2 unspecified atom stereocenters. The number of rotatable bonds is 11. The molecule has 0 aromatic heterocycles. The third-order valence-electron chi connectivity index (χ3n) is 6.26. The summed E-state index contributed by atoms with van der Waals surface area (Å²) in [7, 11) is 0. The molecular formula is C27H35N3O5S. The van der Waals surface area contributed by atoms with Crippen LogP contribution in [-0.2, 0) is 14.3 Å². The highest BCUT2D eigenvalue weighted by Gasteiger charge is 2.30. The number of carbonyl (C=O) groups is 2. The molecule has 8 nitrogen and oxygen atoms in total. The van der Waals surface area contributed by atoms with Crippen LogP contribution >= 0.6 is 11.8 Å². The number of amides is 2. The summed E-state index contributed by atoms with van der Waals surface area (Å²) in [6, 6.07) is 13.6. The number of hydrogen-bond donors (Lipinski definition) is 4. The number of carbonyl (C=O) groups excluding carboxylic acids is 2. The first-order chi connectivity index (χ1) is 17.4. The summed E-state index contributed by atoms with van der Waals surface area (Å²) in [5.41, 5.74) is 2.02. The lowest BCUT2D eigenvalue weighted by Gasteiger charge is -2.22. The maximum atomic E-state index is 12.7. The second-order valence-electron chi connectivity index (χ2n) is 9.65. The number of para-hydroxylation sites is 1. The zero-order chi connectivity index (χ0) is 25.5. The lowest BCUT2D eigenvalue weighted by Crippen LogP contribution is -2.43. The molecule has 2 heterocycles. The Hall–Kier alpha value is -2.75. The lowest BCUT2D eigenvalue weighted by atomic mass is 9.91. The fourth-order valence-electron chi connectivity index (χ4n) is 4.43. The van der Waals surface area contributed by atoms with Crippen molar-refractivity contribution in [3.8, 4) is 5.75 Å². The first kappa shape index (κ1) is 26.3. The van der Waals surface area contributed by atoms with Gasteiger partial charge in [-0.25, -0.2) is 0 Å². The lowest BCUT2D eigenvalue weighted by molar-refractivity contribution is -0.130. The first-order valence-electron chi connectivity index (χ1n) is 12.6. The van der Waals surface area contributed by atoms with Crippen molar-refractivity contribution in [1.82, 2.24) is 10.6 Å². The summed E-state index contributed by atoms with van der Waals surface area (Å²) < 4.78 is 10.8. The van der Waals surface area contributed by atoms with Gasteiger partial charge in [-0.05, 0) is 55.9 Å². The van der Waals surface area contributed by atoms with Crippen LogP contribution in [0.25, 0.3) is 0 Å². The summed E-state index contributed by atoms with van der Waals surface area (Å²) in [6.07, 6.45) is 1.77. The van der Waals surface area contributed by atoms with Gasteiger partial charge in [0.15, 0.2) is 12.9 Å². The number of anilines is 2. The van der Waals surface area contributed by atoms with Crippen molar-refractivity contribution in [2.45, 2.75) is 61.7 Å². The third-order valence-corrected chi connectivity index (χ3v) is 7.42. The van der Waals surface area contributed by atoms with Gasteiger partial charge in [-0.1, -0.05) is 37.7 Å². The molecule has 0 bridgehead atoms. The van der Waals surface area contributed by atoms with Crippen LogP contribution in [0.5, 0.6) is 5.75 Å². The van der Waals surface area contributed by atoms with Crippen LogP contribution in [0.1, 0.15) is 39.5 Å². The van der Waals surface area contributed by atoms with E-state index in [1.807, 2.05) is 36.4 Å². The Morgan fingerprint density at radius 3 is 2.78 bits per heavy atom. The Balaban J connectivity index is 1.19. The van der Waals surface area contributed by atoms with E-state index in [9.17, 15) is 14.7 Å². The van der Waals surface area contributed by atoms with Gasteiger partial charge in [0.1, 0.15) is 5.75 Å². The van der Waals surface area contributed by atoms with Crippen LogP contribution in [-0.4, -0.2) is 49.0 Å². The predicted molar refractivity (Wildman–Crippen MR) is 139 cm³/mol. The van der Waals surface area contributed by atoms with Crippen LogP contribution in [0.4, 0.5) is 11.4 Å². The molecule has 2 aromatic carbocycles. The largest absolute Gasteiger partial charge is 0.484 e. The zero-order valence-electron chi connectivity index (χ0n) is 20.8. The molecular weight excluding hydrogens is 478 g/mol. The van der Waals surface area contributed by atoms with Gasteiger partial charge in [-0.3, -0.25) is 9.59 Å². The molecule has 36 heavy (non-hydrogen) atoms.